The lowest BCUT2D eigenvalue weighted by Crippen LogP contribution is -2.51. The molecule has 3 aromatic carbocycles. The molecule has 3 aromatic rings. The summed E-state index contributed by atoms with van der Waals surface area (Å²) < 4.78 is 22.3. The zero-order valence-electron chi connectivity index (χ0n) is 19.8. The number of carbonyl (C=O) groups is 2. The number of ether oxygens (including phenoxy) is 4. The van der Waals surface area contributed by atoms with Crippen LogP contribution in [0.2, 0.25) is 20.1 Å². The Hall–Kier alpha value is -2.52. The Morgan fingerprint density at radius 2 is 1.14 bits per heavy atom. The third-order valence-electron chi connectivity index (χ3n) is 5.08. The van der Waals surface area contributed by atoms with Crippen molar-refractivity contribution in [3.05, 3.63) is 97.9 Å². The second-order valence-corrected chi connectivity index (χ2v) is 9.31. The van der Waals surface area contributed by atoms with E-state index < -0.39 is 24.4 Å². The fourth-order valence-corrected chi connectivity index (χ4v) is 4.16. The number of benzene rings is 3. The molecular weight excluding hydrogens is 564 g/mol. The monoisotopic (exact) mass is 585 g/mol. The molecule has 0 N–H and O–H groups in total. The lowest BCUT2D eigenvalue weighted by atomic mass is 10.2. The average Bonchev–Trinajstić information content (AvgIpc) is 2.87. The van der Waals surface area contributed by atoms with Crippen LogP contribution < -0.4 is 4.90 Å². The lowest BCUT2D eigenvalue weighted by Gasteiger charge is -2.38. The van der Waals surface area contributed by atoms with Crippen molar-refractivity contribution in [2.24, 2.45) is 0 Å². The van der Waals surface area contributed by atoms with Gasteiger partial charge in [0, 0.05) is 30.0 Å². The maximum Gasteiger partial charge on any atom is 0.341 e. The molecule has 2 atom stereocenters. The van der Waals surface area contributed by atoms with Gasteiger partial charge in [-0.3, -0.25) is 4.90 Å². The zero-order chi connectivity index (χ0) is 26.9. The molecule has 2 unspecified atom stereocenters. The van der Waals surface area contributed by atoms with Crippen molar-refractivity contribution >= 4 is 64.0 Å². The van der Waals surface area contributed by atoms with Crippen LogP contribution in [0, 0.1) is 0 Å². The van der Waals surface area contributed by atoms with Gasteiger partial charge < -0.3 is 18.9 Å². The first-order chi connectivity index (χ1) is 17.7. The van der Waals surface area contributed by atoms with Gasteiger partial charge in [-0.05, 0) is 48.5 Å². The molecule has 0 bridgehead atoms. The number of methoxy groups -OCH3 is 2. The number of hydrogen-bond acceptors (Lipinski definition) is 7. The molecule has 0 saturated heterocycles. The Labute approximate surface area is 234 Å². The van der Waals surface area contributed by atoms with E-state index in [-0.39, 0.29) is 34.4 Å². The Morgan fingerprint density at radius 1 is 0.703 bits per heavy atom. The Kier molecular flexibility index (Phi) is 10.9. The topological polar surface area (TPSA) is 74.3 Å². The first kappa shape index (κ1) is 29.0. The van der Waals surface area contributed by atoms with E-state index in [9.17, 15) is 9.59 Å². The molecule has 0 fully saturated rings. The molecule has 0 heterocycles. The molecule has 196 valence electrons. The third-order valence-corrected chi connectivity index (χ3v) is 6.21. The van der Waals surface area contributed by atoms with Gasteiger partial charge in [0.15, 0.2) is 0 Å². The quantitative estimate of drug-likeness (QED) is 0.181. The summed E-state index contributed by atoms with van der Waals surface area (Å²) in [5.41, 5.74) is 0.685. The van der Waals surface area contributed by atoms with Crippen molar-refractivity contribution in [3.8, 4) is 0 Å². The van der Waals surface area contributed by atoms with Crippen LogP contribution in [-0.4, -0.2) is 51.8 Å². The SMILES string of the molecule is COCC(OC(=O)c1cc(Cl)ccc1Cl)N(c1ccccc1)C(COC)OC(=O)c1cc(Cl)ccc1Cl. The van der Waals surface area contributed by atoms with Crippen molar-refractivity contribution in [2.75, 3.05) is 32.3 Å². The fourth-order valence-electron chi connectivity index (χ4n) is 3.43. The summed E-state index contributed by atoms with van der Waals surface area (Å²) in [6.45, 7) is -0.178. The minimum atomic E-state index is -1.07. The van der Waals surface area contributed by atoms with Crippen molar-refractivity contribution in [3.63, 3.8) is 0 Å². The van der Waals surface area contributed by atoms with E-state index in [4.69, 9.17) is 65.4 Å². The molecule has 0 radical (unpaired) electrons. The van der Waals surface area contributed by atoms with Crippen LogP contribution >= 0.6 is 46.4 Å². The minimum absolute atomic E-state index is 0.0641. The van der Waals surface area contributed by atoms with Gasteiger partial charge in [-0.2, -0.15) is 0 Å². The first-order valence-corrected chi connectivity index (χ1v) is 12.4. The number of halogens is 4. The average molecular weight is 587 g/mol. The Bertz CT molecular complexity index is 1150. The van der Waals surface area contributed by atoms with Gasteiger partial charge in [0.1, 0.15) is 13.2 Å². The second-order valence-electron chi connectivity index (χ2n) is 7.62. The second kappa shape index (κ2) is 13.9. The molecule has 0 aliphatic heterocycles. The minimum Gasteiger partial charge on any atom is -0.435 e. The predicted molar refractivity (Wildman–Crippen MR) is 144 cm³/mol. The first-order valence-electron chi connectivity index (χ1n) is 10.9. The van der Waals surface area contributed by atoms with Gasteiger partial charge in [0.05, 0.1) is 21.2 Å². The number of esters is 2. The highest BCUT2D eigenvalue weighted by Crippen LogP contribution is 2.27. The predicted octanol–water partition coefficient (Wildman–Crippen LogP) is 6.77. The number of rotatable bonds is 11. The van der Waals surface area contributed by atoms with E-state index in [1.54, 1.807) is 41.3 Å². The third kappa shape index (κ3) is 7.74. The summed E-state index contributed by atoms with van der Waals surface area (Å²) in [6.07, 6.45) is -2.14. The van der Waals surface area contributed by atoms with Crippen LogP contribution in [0.3, 0.4) is 0 Å². The number of anilines is 1. The molecule has 7 nitrogen and oxygen atoms in total. The lowest BCUT2D eigenvalue weighted by molar-refractivity contribution is -0.0341. The summed E-state index contributed by atoms with van der Waals surface area (Å²) in [5, 5.41) is 0.938. The van der Waals surface area contributed by atoms with E-state index >= 15 is 0 Å². The van der Waals surface area contributed by atoms with Crippen LogP contribution in [0.5, 0.6) is 0 Å². The maximum atomic E-state index is 13.1. The molecule has 11 heteroatoms. The Balaban J connectivity index is 2.00. The van der Waals surface area contributed by atoms with E-state index in [1.807, 2.05) is 6.07 Å². The molecule has 0 spiro atoms. The highest BCUT2D eigenvalue weighted by molar-refractivity contribution is 6.36. The van der Waals surface area contributed by atoms with Crippen LogP contribution in [0.4, 0.5) is 5.69 Å². The van der Waals surface area contributed by atoms with E-state index in [1.165, 1.54) is 38.5 Å². The summed E-state index contributed by atoms with van der Waals surface area (Å²) in [4.78, 5) is 27.8. The largest absolute Gasteiger partial charge is 0.435 e. The van der Waals surface area contributed by atoms with Gasteiger partial charge in [0.25, 0.3) is 0 Å². The maximum absolute atomic E-state index is 13.1. The summed E-state index contributed by atoms with van der Waals surface area (Å²) in [5.74, 6) is -1.51. The normalized spacial score (nSPS) is 12.5. The van der Waals surface area contributed by atoms with E-state index in [0.717, 1.165) is 0 Å². The van der Waals surface area contributed by atoms with Gasteiger partial charge >= 0.3 is 11.9 Å². The molecule has 0 aromatic heterocycles. The number of para-hydroxylation sites is 1. The van der Waals surface area contributed by atoms with Crippen LogP contribution in [0.25, 0.3) is 0 Å². The molecule has 0 saturated carbocycles. The van der Waals surface area contributed by atoms with Crippen molar-refractivity contribution < 1.29 is 28.5 Å². The number of nitrogens with zero attached hydrogens (tertiary/aromatic N) is 1. The summed E-state index contributed by atoms with van der Waals surface area (Å²) >= 11 is 24.5. The molecule has 37 heavy (non-hydrogen) atoms. The molecule has 0 amide bonds. The van der Waals surface area contributed by atoms with Gasteiger partial charge in [-0.15, -0.1) is 0 Å². The van der Waals surface area contributed by atoms with Gasteiger partial charge in [-0.1, -0.05) is 64.6 Å². The molecule has 0 aliphatic rings. The van der Waals surface area contributed by atoms with Gasteiger partial charge in [-0.25, -0.2) is 9.59 Å². The standard InChI is InChI=1S/C26H23Cl4NO6/c1-34-14-23(36-25(32)19-12-16(27)8-10-21(19)29)31(18-6-4-3-5-7-18)24(15-35-2)37-26(33)20-13-17(28)9-11-22(20)30/h3-13,23-24H,14-15H2,1-2H3. The van der Waals surface area contributed by atoms with E-state index in [2.05, 4.69) is 0 Å². The van der Waals surface area contributed by atoms with Crippen molar-refractivity contribution in [1.29, 1.82) is 0 Å². The highest BCUT2D eigenvalue weighted by atomic mass is 35.5. The van der Waals surface area contributed by atoms with Crippen molar-refractivity contribution in [2.45, 2.75) is 12.5 Å². The zero-order valence-corrected chi connectivity index (χ0v) is 22.9. The van der Waals surface area contributed by atoms with Crippen molar-refractivity contribution in [1.82, 2.24) is 0 Å². The van der Waals surface area contributed by atoms with Crippen LogP contribution in [0.1, 0.15) is 20.7 Å². The molecule has 0 aliphatic carbocycles. The molecule has 3 rings (SSSR count). The fraction of sp³-hybridized carbons (Fsp3) is 0.231. The molecular formula is C26H23Cl4NO6. The highest BCUT2D eigenvalue weighted by Gasteiger charge is 2.34. The smallest absolute Gasteiger partial charge is 0.341 e. The number of carbonyl (C=O) groups excluding carboxylic acids is 2. The van der Waals surface area contributed by atoms with Crippen LogP contribution in [0.15, 0.2) is 66.7 Å². The number of hydrogen-bond donors (Lipinski definition) is 0. The van der Waals surface area contributed by atoms with Crippen LogP contribution in [-0.2, 0) is 18.9 Å². The Morgan fingerprint density at radius 3 is 1.54 bits per heavy atom. The summed E-state index contributed by atoms with van der Waals surface area (Å²) in [6, 6.07) is 17.8. The van der Waals surface area contributed by atoms with Gasteiger partial charge in [0.2, 0.25) is 12.5 Å². The summed E-state index contributed by atoms with van der Waals surface area (Å²) in [7, 11) is 2.89. The van der Waals surface area contributed by atoms with E-state index in [0.29, 0.717) is 15.7 Å².